The van der Waals surface area contributed by atoms with Crippen LogP contribution in [-0.2, 0) is 25.5 Å². The number of nitrogens with one attached hydrogen (secondary N) is 2. The number of hydrogen-bond donors (Lipinski definition) is 2. The minimum absolute atomic E-state index is 0.0127. The third kappa shape index (κ3) is 7.69. The lowest BCUT2D eigenvalue weighted by atomic mass is 10.1. The van der Waals surface area contributed by atoms with E-state index in [4.69, 9.17) is 4.74 Å². The summed E-state index contributed by atoms with van der Waals surface area (Å²) in [5.41, 5.74) is 1.88. The number of ether oxygens (including phenoxy) is 1. The number of rotatable bonds is 9. The van der Waals surface area contributed by atoms with Crippen molar-refractivity contribution in [3.63, 3.8) is 0 Å². The maximum atomic E-state index is 12.3. The molecule has 2 aromatic rings. The molecule has 2 N–H and O–H groups in total. The first-order valence-electron chi connectivity index (χ1n) is 9.35. The third-order valence-electron chi connectivity index (χ3n) is 4.43. The Hall–Kier alpha value is -2.67. The molecule has 0 aromatic heterocycles. The molecule has 0 fully saturated rings. The van der Waals surface area contributed by atoms with Gasteiger partial charge in [0.1, 0.15) is 6.04 Å². The fourth-order valence-corrected chi connectivity index (χ4v) is 3.09. The van der Waals surface area contributed by atoms with Crippen LogP contribution in [0, 0.1) is 0 Å². The highest BCUT2D eigenvalue weighted by Crippen LogP contribution is 2.13. The SMILES string of the molecule is COC(=O)[C@@H](Cc1ccc(Br)cc1)NC(=O)CCC(=O)N[C@H](C)c1ccccc1. The van der Waals surface area contributed by atoms with Crippen LogP contribution in [0.1, 0.15) is 36.9 Å². The van der Waals surface area contributed by atoms with Crippen LogP contribution in [0.3, 0.4) is 0 Å². The molecule has 0 spiro atoms. The van der Waals surface area contributed by atoms with Crippen molar-refractivity contribution < 1.29 is 19.1 Å². The van der Waals surface area contributed by atoms with Crippen LogP contribution in [-0.4, -0.2) is 30.9 Å². The van der Waals surface area contributed by atoms with Crippen molar-refractivity contribution in [1.82, 2.24) is 10.6 Å². The van der Waals surface area contributed by atoms with Crippen molar-refractivity contribution in [2.24, 2.45) is 0 Å². The first-order valence-corrected chi connectivity index (χ1v) is 10.1. The number of carbonyl (C=O) groups is 3. The number of amides is 2. The highest BCUT2D eigenvalue weighted by Gasteiger charge is 2.22. The van der Waals surface area contributed by atoms with Crippen LogP contribution in [0.15, 0.2) is 59.1 Å². The monoisotopic (exact) mass is 460 g/mol. The third-order valence-corrected chi connectivity index (χ3v) is 4.96. The fraction of sp³-hybridized carbons (Fsp3) is 0.318. The molecule has 29 heavy (non-hydrogen) atoms. The summed E-state index contributed by atoms with van der Waals surface area (Å²) >= 11 is 3.36. The zero-order valence-corrected chi connectivity index (χ0v) is 18.1. The van der Waals surface area contributed by atoms with Gasteiger partial charge in [-0.3, -0.25) is 9.59 Å². The van der Waals surface area contributed by atoms with Gasteiger partial charge in [-0.05, 0) is 30.2 Å². The minimum Gasteiger partial charge on any atom is -0.467 e. The Labute approximate surface area is 179 Å². The summed E-state index contributed by atoms with van der Waals surface area (Å²) in [7, 11) is 1.28. The molecule has 0 radical (unpaired) electrons. The maximum absolute atomic E-state index is 12.3. The summed E-state index contributed by atoms with van der Waals surface area (Å²) in [6.45, 7) is 1.89. The average Bonchev–Trinajstić information content (AvgIpc) is 2.73. The second kappa shape index (κ2) is 11.4. The molecule has 2 amide bonds. The summed E-state index contributed by atoms with van der Waals surface area (Å²) in [5, 5.41) is 5.53. The number of methoxy groups -OCH3 is 1. The molecule has 0 bridgehead atoms. The topological polar surface area (TPSA) is 84.5 Å². The van der Waals surface area contributed by atoms with Crippen molar-refractivity contribution in [2.45, 2.75) is 38.3 Å². The maximum Gasteiger partial charge on any atom is 0.328 e. The molecule has 0 aliphatic rings. The normalized spacial score (nSPS) is 12.5. The van der Waals surface area contributed by atoms with Gasteiger partial charge in [-0.1, -0.05) is 58.4 Å². The molecule has 0 saturated carbocycles. The van der Waals surface area contributed by atoms with Crippen LogP contribution in [0.5, 0.6) is 0 Å². The van der Waals surface area contributed by atoms with Gasteiger partial charge >= 0.3 is 5.97 Å². The van der Waals surface area contributed by atoms with Crippen LogP contribution < -0.4 is 10.6 Å². The Kier molecular flexibility index (Phi) is 8.86. The molecular formula is C22H25BrN2O4. The number of hydrogen-bond acceptors (Lipinski definition) is 4. The van der Waals surface area contributed by atoms with Crippen LogP contribution >= 0.6 is 15.9 Å². The van der Waals surface area contributed by atoms with E-state index in [1.165, 1.54) is 7.11 Å². The van der Waals surface area contributed by atoms with Gasteiger partial charge in [-0.2, -0.15) is 0 Å². The number of benzene rings is 2. The van der Waals surface area contributed by atoms with Crippen molar-refractivity contribution >= 4 is 33.7 Å². The van der Waals surface area contributed by atoms with E-state index in [0.717, 1.165) is 15.6 Å². The Morgan fingerprint density at radius 1 is 0.931 bits per heavy atom. The van der Waals surface area contributed by atoms with Gasteiger partial charge in [-0.15, -0.1) is 0 Å². The molecule has 0 aliphatic carbocycles. The number of halogens is 1. The lowest BCUT2D eigenvalue weighted by Crippen LogP contribution is -2.43. The highest BCUT2D eigenvalue weighted by atomic mass is 79.9. The molecule has 0 aliphatic heterocycles. The highest BCUT2D eigenvalue weighted by molar-refractivity contribution is 9.10. The van der Waals surface area contributed by atoms with E-state index in [0.29, 0.717) is 6.42 Å². The lowest BCUT2D eigenvalue weighted by Gasteiger charge is -2.17. The quantitative estimate of drug-likeness (QED) is 0.562. The lowest BCUT2D eigenvalue weighted by molar-refractivity contribution is -0.145. The van der Waals surface area contributed by atoms with E-state index < -0.39 is 12.0 Å². The predicted octanol–water partition coefficient (Wildman–Crippen LogP) is 3.31. The molecule has 0 saturated heterocycles. The van der Waals surface area contributed by atoms with Gasteiger partial charge in [0, 0.05) is 23.7 Å². The molecule has 0 heterocycles. The summed E-state index contributed by atoms with van der Waals surface area (Å²) < 4.78 is 5.72. The van der Waals surface area contributed by atoms with Crippen LogP contribution in [0.25, 0.3) is 0 Å². The van der Waals surface area contributed by atoms with E-state index in [1.807, 2.05) is 61.5 Å². The van der Waals surface area contributed by atoms with E-state index in [9.17, 15) is 14.4 Å². The number of esters is 1. The van der Waals surface area contributed by atoms with E-state index in [2.05, 4.69) is 26.6 Å². The Morgan fingerprint density at radius 3 is 2.10 bits per heavy atom. The molecule has 6 nitrogen and oxygen atoms in total. The second-order valence-electron chi connectivity index (χ2n) is 6.67. The second-order valence-corrected chi connectivity index (χ2v) is 7.59. The van der Waals surface area contributed by atoms with Gasteiger partial charge in [-0.25, -0.2) is 4.79 Å². The van der Waals surface area contributed by atoms with Crippen molar-refractivity contribution in [2.75, 3.05) is 7.11 Å². The predicted molar refractivity (Wildman–Crippen MR) is 114 cm³/mol. The summed E-state index contributed by atoms with van der Waals surface area (Å²) in [6.07, 6.45) is 0.333. The standard InChI is InChI=1S/C22H25BrN2O4/c1-15(17-6-4-3-5-7-17)24-20(26)12-13-21(27)25-19(22(28)29-2)14-16-8-10-18(23)11-9-16/h3-11,15,19H,12-14H2,1-2H3,(H,24,26)(H,25,27)/t15-,19-/m1/s1. The largest absolute Gasteiger partial charge is 0.467 e. The smallest absolute Gasteiger partial charge is 0.328 e. The minimum atomic E-state index is -0.806. The Balaban J connectivity index is 1.85. The molecule has 7 heteroatoms. The molecule has 2 aromatic carbocycles. The van der Waals surface area contributed by atoms with Gasteiger partial charge in [0.15, 0.2) is 0 Å². The van der Waals surface area contributed by atoms with E-state index in [1.54, 1.807) is 0 Å². The first-order chi connectivity index (χ1) is 13.9. The molecule has 154 valence electrons. The van der Waals surface area contributed by atoms with E-state index in [-0.39, 0.29) is 30.7 Å². The first kappa shape index (κ1) is 22.6. The summed E-state index contributed by atoms with van der Waals surface area (Å²) in [5.74, 6) is -1.12. The Bertz CT molecular complexity index is 824. The average molecular weight is 461 g/mol. The summed E-state index contributed by atoms with van der Waals surface area (Å²) in [4.78, 5) is 36.4. The molecule has 2 atom stereocenters. The van der Waals surface area contributed by atoms with Gasteiger partial charge < -0.3 is 15.4 Å². The zero-order chi connectivity index (χ0) is 21.2. The molecule has 2 rings (SSSR count). The van der Waals surface area contributed by atoms with Crippen molar-refractivity contribution in [1.29, 1.82) is 0 Å². The summed E-state index contributed by atoms with van der Waals surface area (Å²) in [6, 6.07) is 16.1. The van der Waals surface area contributed by atoms with Crippen LogP contribution in [0.4, 0.5) is 0 Å². The number of carbonyl (C=O) groups excluding carboxylic acids is 3. The van der Waals surface area contributed by atoms with Gasteiger partial charge in [0.05, 0.1) is 13.2 Å². The van der Waals surface area contributed by atoms with Crippen LogP contribution in [0.2, 0.25) is 0 Å². The van der Waals surface area contributed by atoms with Crippen molar-refractivity contribution in [3.05, 3.63) is 70.2 Å². The van der Waals surface area contributed by atoms with Crippen molar-refractivity contribution in [3.8, 4) is 0 Å². The fourth-order valence-electron chi connectivity index (χ4n) is 2.82. The zero-order valence-electron chi connectivity index (χ0n) is 16.5. The van der Waals surface area contributed by atoms with E-state index >= 15 is 0 Å². The molecule has 0 unspecified atom stereocenters. The Morgan fingerprint density at radius 2 is 1.52 bits per heavy atom. The van der Waals surface area contributed by atoms with Gasteiger partial charge in [0.25, 0.3) is 0 Å². The van der Waals surface area contributed by atoms with Gasteiger partial charge in [0.2, 0.25) is 11.8 Å². The molecular weight excluding hydrogens is 436 g/mol.